The Balaban J connectivity index is 1.97. The van der Waals surface area contributed by atoms with Crippen molar-refractivity contribution in [2.45, 2.75) is 45.6 Å². The van der Waals surface area contributed by atoms with Gasteiger partial charge in [0.25, 0.3) is 0 Å². The van der Waals surface area contributed by atoms with Gasteiger partial charge in [-0.05, 0) is 51.2 Å². The first-order valence-corrected chi connectivity index (χ1v) is 8.20. The van der Waals surface area contributed by atoms with Crippen LogP contribution in [-0.4, -0.2) is 18.0 Å². The zero-order valence-corrected chi connectivity index (χ0v) is 14.2. The lowest BCUT2D eigenvalue weighted by Gasteiger charge is -2.18. The minimum atomic E-state index is -0.816. The number of ether oxygens (including phenoxy) is 2. The molecule has 1 saturated heterocycles. The van der Waals surface area contributed by atoms with E-state index in [1.165, 1.54) is 6.07 Å². The van der Waals surface area contributed by atoms with Crippen molar-refractivity contribution in [3.05, 3.63) is 34.3 Å². The summed E-state index contributed by atoms with van der Waals surface area (Å²) in [5.74, 6) is -0.470. The lowest BCUT2D eigenvalue weighted by atomic mass is 10.2. The molecule has 1 aromatic carbocycles. The fourth-order valence-electron chi connectivity index (χ4n) is 2.90. The first kappa shape index (κ1) is 16.8. The number of hydrogen-bond acceptors (Lipinski definition) is 4. The van der Waals surface area contributed by atoms with Gasteiger partial charge in [0.1, 0.15) is 11.6 Å². The zero-order chi connectivity index (χ0) is 17.4. The second-order valence-electron chi connectivity index (χ2n) is 6.14. The van der Waals surface area contributed by atoms with E-state index in [0.717, 1.165) is 36.6 Å². The molecule has 1 N–H and O–H groups in total. The van der Waals surface area contributed by atoms with Gasteiger partial charge in [0.15, 0.2) is 11.6 Å². The molecule has 1 aliphatic heterocycles. The van der Waals surface area contributed by atoms with Gasteiger partial charge in [0.05, 0.1) is 16.8 Å². The van der Waals surface area contributed by atoms with Crippen molar-refractivity contribution in [3.8, 4) is 5.75 Å². The number of benzene rings is 1. The van der Waals surface area contributed by atoms with Crippen molar-refractivity contribution in [3.63, 3.8) is 0 Å². The first-order chi connectivity index (χ1) is 11.4. The minimum absolute atomic E-state index is 0.0409. The molecular weight excluding hydrogens is 335 g/mol. The lowest BCUT2D eigenvalue weighted by molar-refractivity contribution is 0.198. The van der Waals surface area contributed by atoms with Gasteiger partial charge in [-0.1, -0.05) is 11.6 Å². The highest BCUT2D eigenvalue weighted by Crippen LogP contribution is 2.37. The molecule has 0 bridgehead atoms. The molecule has 128 valence electrons. The Hall–Kier alpha value is -2.08. The molecule has 0 radical (unpaired) electrons. The van der Waals surface area contributed by atoms with Crippen LogP contribution in [0.15, 0.2) is 23.5 Å². The number of carbonyl (C=O) groups is 1. The average Bonchev–Trinajstić information content (AvgIpc) is 3.11. The van der Waals surface area contributed by atoms with Gasteiger partial charge in [0.2, 0.25) is 0 Å². The van der Waals surface area contributed by atoms with Crippen LogP contribution in [0.25, 0.3) is 0 Å². The van der Waals surface area contributed by atoms with Crippen LogP contribution in [0.3, 0.4) is 0 Å². The summed E-state index contributed by atoms with van der Waals surface area (Å²) in [6.45, 7) is 3.43. The summed E-state index contributed by atoms with van der Waals surface area (Å²) in [5.41, 5.74) is 0.561. The van der Waals surface area contributed by atoms with Gasteiger partial charge >= 0.3 is 6.09 Å². The molecule has 24 heavy (non-hydrogen) atoms. The van der Waals surface area contributed by atoms with Crippen LogP contribution >= 0.6 is 11.6 Å². The molecule has 5 nitrogen and oxygen atoms in total. The summed E-state index contributed by atoms with van der Waals surface area (Å²) in [5, 5.41) is 8.23. The number of amidine groups is 1. The minimum Gasteiger partial charge on any atom is -0.489 e. The molecule has 1 heterocycles. The third-order valence-corrected chi connectivity index (χ3v) is 4.40. The van der Waals surface area contributed by atoms with E-state index in [0.29, 0.717) is 11.3 Å². The Morgan fingerprint density at radius 3 is 2.62 bits per heavy atom. The molecule has 0 unspecified atom stereocenters. The number of cyclic esters (lactones) is 1. The van der Waals surface area contributed by atoms with Crippen molar-refractivity contribution in [2.24, 2.45) is 0 Å². The van der Waals surface area contributed by atoms with Crippen molar-refractivity contribution in [1.82, 2.24) is 0 Å². The molecule has 0 aromatic heterocycles. The SMILES string of the molecule is CC(C)=C1OC(=O)N(c2cc(OC3CCCC3)c(Cl)cc2F)C1=N. The lowest BCUT2D eigenvalue weighted by Crippen LogP contribution is -2.29. The maximum absolute atomic E-state index is 14.4. The van der Waals surface area contributed by atoms with E-state index in [9.17, 15) is 9.18 Å². The van der Waals surface area contributed by atoms with E-state index in [-0.39, 0.29) is 28.4 Å². The van der Waals surface area contributed by atoms with Gasteiger partial charge in [-0.25, -0.2) is 14.1 Å². The van der Waals surface area contributed by atoms with E-state index in [1.807, 2.05) is 0 Å². The molecule has 1 amide bonds. The number of rotatable bonds is 3. The van der Waals surface area contributed by atoms with E-state index < -0.39 is 11.9 Å². The Labute approximate surface area is 144 Å². The molecule has 2 fully saturated rings. The highest BCUT2D eigenvalue weighted by molar-refractivity contribution is 6.32. The fraction of sp³-hybridized carbons (Fsp3) is 0.412. The third-order valence-electron chi connectivity index (χ3n) is 4.10. The number of anilines is 1. The van der Waals surface area contributed by atoms with Gasteiger partial charge in [-0.3, -0.25) is 5.41 Å². The van der Waals surface area contributed by atoms with Crippen molar-refractivity contribution < 1.29 is 18.7 Å². The first-order valence-electron chi connectivity index (χ1n) is 7.82. The summed E-state index contributed by atoms with van der Waals surface area (Å²) in [6, 6.07) is 2.46. The molecule has 2 aliphatic rings. The molecule has 1 aliphatic carbocycles. The van der Waals surface area contributed by atoms with Crippen LogP contribution in [0.1, 0.15) is 39.5 Å². The third kappa shape index (κ3) is 2.98. The number of halogens is 2. The van der Waals surface area contributed by atoms with Crippen LogP contribution < -0.4 is 9.64 Å². The number of amides is 1. The quantitative estimate of drug-likeness (QED) is 0.830. The van der Waals surface area contributed by atoms with Gasteiger partial charge in [-0.15, -0.1) is 0 Å². The van der Waals surface area contributed by atoms with E-state index in [4.69, 9.17) is 26.5 Å². The fourth-order valence-corrected chi connectivity index (χ4v) is 3.09. The smallest absolute Gasteiger partial charge is 0.425 e. The van der Waals surface area contributed by atoms with Gasteiger partial charge in [-0.2, -0.15) is 0 Å². The number of nitrogens with zero attached hydrogens (tertiary/aromatic N) is 1. The van der Waals surface area contributed by atoms with E-state index in [1.54, 1.807) is 13.8 Å². The van der Waals surface area contributed by atoms with E-state index >= 15 is 0 Å². The maximum Gasteiger partial charge on any atom is 0.425 e. The number of hydrogen-bond donors (Lipinski definition) is 1. The predicted molar refractivity (Wildman–Crippen MR) is 89.4 cm³/mol. The van der Waals surface area contributed by atoms with Crippen LogP contribution in [-0.2, 0) is 4.74 Å². The normalized spacial score (nSPS) is 18.3. The van der Waals surface area contributed by atoms with Gasteiger partial charge < -0.3 is 9.47 Å². The summed E-state index contributed by atoms with van der Waals surface area (Å²) < 4.78 is 25.3. The zero-order valence-electron chi connectivity index (χ0n) is 13.5. The van der Waals surface area contributed by atoms with Crippen LogP contribution in [0, 0.1) is 11.2 Å². The predicted octanol–water partition coefficient (Wildman–Crippen LogP) is 5.03. The molecule has 0 spiro atoms. The van der Waals surface area contributed by atoms with Crippen LogP contribution in [0.4, 0.5) is 14.9 Å². The molecule has 0 atom stereocenters. The highest BCUT2D eigenvalue weighted by Gasteiger charge is 2.37. The largest absolute Gasteiger partial charge is 0.489 e. The topological polar surface area (TPSA) is 62.6 Å². The monoisotopic (exact) mass is 352 g/mol. The number of nitrogens with one attached hydrogen (secondary N) is 1. The Morgan fingerprint density at radius 1 is 1.38 bits per heavy atom. The molecule has 7 heteroatoms. The summed E-state index contributed by atoms with van der Waals surface area (Å²) in [4.78, 5) is 13.0. The van der Waals surface area contributed by atoms with E-state index in [2.05, 4.69) is 0 Å². The Kier molecular flexibility index (Phi) is 4.49. The molecule has 1 aromatic rings. The summed E-state index contributed by atoms with van der Waals surface area (Å²) in [7, 11) is 0. The van der Waals surface area contributed by atoms with Crippen molar-refractivity contribution in [2.75, 3.05) is 4.90 Å². The van der Waals surface area contributed by atoms with Crippen LogP contribution in [0.5, 0.6) is 5.75 Å². The maximum atomic E-state index is 14.4. The standard InChI is InChI=1S/C17H18ClFN2O3/c1-9(2)15-16(20)21(17(22)24-15)13-8-14(11(18)7-12(13)19)23-10-5-3-4-6-10/h7-8,10,20H,3-6H2,1-2H3. The van der Waals surface area contributed by atoms with Crippen molar-refractivity contribution in [1.29, 1.82) is 5.41 Å². The summed E-state index contributed by atoms with van der Waals surface area (Å²) in [6.07, 6.45) is 3.24. The second-order valence-corrected chi connectivity index (χ2v) is 6.55. The van der Waals surface area contributed by atoms with Crippen LogP contribution in [0.2, 0.25) is 5.02 Å². The average molecular weight is 353 g/mol. The van der Waals surface area contributed by atoms with Crippen molar-refractivity contribution >= 4 is 29.2 Å². The number of allylic oxidation sites excluding steroid dienone is 1. The van der Waals surface area contributed by atoms with Gasteiger partial charge in [0, 0.05) is 6.07 Å². The number of carbonyl (C=O) groups excluding carboxylic acids is 1. The highest BCUT2D eigenvalue weighted by atomic mass is 35.5. The molecular formula is C17H18ClFN2O3. The summed E-state index contributed by atoms with van der Waals surface area (Å²) >= 11 is 6.08. The molecule has 3 rings (SSSR count). The Morgan fingerprint density at radius 2 is 2.04 bits per heavy atom. The molecule has 1 saturated carbocycles. The second kappa shape index (κ2) is 6.43. The Bertz CT molecular complexity index is 738.